The number of anilines is 1. The van der Waals surface area contributed by atoms with Gasteiger partial charge in [0.2, 0.25) is 0 Å². The van der Waals surface area contributed by atoms with Crippen LogP contribution >= 0.6 is 0 Å². The first-order valence-corrected chi connectivity index (χ1v) is 12.9. The van der Waals surface area contributed by atoms with Crippen molar-refractivity contribution in [1.29, 1.82) is 0 Å². The molecular formula is C29H39N5O2. The SMILES string of the molecule is COc1ccc(-c2cc([C@H]3CN4CC[C@H]3C[C@@H]4CNCc3ccc(N(C)C)cc3)n(C)n2)cc1OC. The summed E-state index contributed by atoms with van der Waals surface area (Å²) in [6, 6.07) is 17.7. The zero-order valence-electron chi connectivity index (χ0n) is 22.2. The molecule has 3 fully saturated rings. The third-order valence-corrected chi connectivity index (χ3v) is 8.02. The molecule has 1 unspecified atom stereocenters. The molecule has 1 aromatic heterocycles. The lowest BCUT2D eigenvalue weighted by molar-refractivity contribution is 0.0282. The highest BCUT2D eigenvalue weighted by Gasteiger charge is 2.41. The van der Waals surface area contributed by atoms with Gasteiger partial charge in [-0.25, -0.2) is 0 Å². The predicted octanol–water partition coefficient (Wildman–Crippen LogP) is 4.14. The van der Waals surface area contributed by atoms with Gasteiger partial charge in [-0.15, -0.1) is 0 Å². The molecule has 0 spiro atoms. The lowest BCUT2D eigenvalue weighted by Gasteiger charge is -2.50. The third-order valence-electron chi connectivity index (χ3n) is 8.02. The first kappa shape index (κ1) is 24.7. The molecule has 0 saturated carbocycles. The summed E-state index contributed by atoms with van der Waals surface area (Å²) in [5, 5.41) is 8.60. The van der Waals surface area contributed by atoms with Gasteiger partial charge in [0, 0.05) is 69.7 Å². The van der Waals surface area contributed by atoms with Crippen molar-refractivity contribution in [1.82, 2.24) is 20.0 Å². The Morgan fingerprint density at radius 2 is 1.81 bits per heavy atom. The molecule has 3 aliphatic heterocycles. The molecule has 192 valence electrons. The molecule has 0 radical (unpaired) electrons. The van der Waals surface area contributed by atoms with E-state index in [1.54, 1.807) is 14.2 Å². The van der Waals surface area contributed by atoms with E-state index in [0.717, 1.165) is 42.4 Å². The van der Waals surface area contributed by atoms with Gasteiger partial charge >= 0.3 is 0 Å². The third kappa shape index (κ3) is 4.95. The van der Waals surface area contributed by atoms with E-state index in [4.69, 9.17) is 14.6 Å². The molecule has 3 saturated heterocycles. The standard InChI is InChI=1S/C29H39N5O2/c1-32(2)23-9-6-20(7-10-23)17-30-18-24-14-21-12-13-34(24)19-25(21)27-16-26(31-33(27)3)22-8-11-28(35-4)29(15-22)36-5/h6-11,15-16,21,24-25,30H,12-14,17-19H2,1-5H3/t21-,24+,25-/m0/s1. The van der Waals surface area contributed by atoms with Crippen LogP contribution in [0, 0.1) is 5.92 Å². The summed E-state index contributed by atoms with van der Waals surface area (Å²) in [4.78, 5) is 4.83. The minimum absolute atomic E-state index is 0.528. The van der Waals surface area contributed by atoms with Crippen molar-refractivity contribution in [3.63, 3.8) is 0 Å². The minimum Gasteiger partial charge on any atom is -0.493 e. The molecule has 4 heterocycles. The molecule has 0 amide bonds. The van der Waals surface area contributed by atoms with E-state index in [2.05, 4.69) is 77.3 Å². The van der Waals surface area contributed by atoms with Crippen LogP contribution in [-0.4, -0.2) is 68.7 Å². The van der Waals surface area contributed by atoms with Crippen molar-refractivity contribution < 1.29 is 9.47 Å². The lowest BCUT2D eigenvalue weighted by Crippen LogP contribution is -2.55. The Bertz CT molecular complexity index is 1170. The Kier molecular flexibility index (Phi) is 7.21. The molecule has 3 aliphatic rings. The number of hydrogen-bond donors (Lipinski definition) is 1. The normalized spacial score (nSPS) is 23.0. The van der Waals surface area contributed by atoms with Crippen LogP contribution in [0.1, 0.15) is 30.0 Å². The second kappa shape index (κ2) is 10.5. The fraction of sp³-hybridized carbons (Fsp3) is 0.483. The molecular weight excluding hydrogens is 450 g/mol. The van der Waals surface area contributed by atoms with Gasteiger partial charge in [-0.3, -0.25) is 9.58 Å². The molecule has 4 atom stereocenters. The molecule has 36 heavy (non-hydrogen) atoms. The number of nitrogens with zero attached hydrogens (tertiary/aromatic N) is 4. The highest BCUT2D eigenvalue weighted by molar-refractivity contribution is 5.64. The van der Waals surface area contributed by atoms with Crippen LogP contribution in [0.15, 0.2) is 48.5 Å². The summed E-state index contributed by atoms with van der Waals surface area (Å²) in [6.07, 6.45) is 2.51. The van der Waals surface area contributed by atoms with Gasteiger partial charge in [0.1, 0.15) is 0 Å². The van der Waals surface area contributed by atoms with Gasteiger partial charge in [0.05, 0.1) is 19.9 Å². The fourth-order valence-corrected chi connectivity index (χ4v) is 5.95. The summed E-state index contributed by atoms with van der Waals surface area (Å²) in [5.74, 6) is 2.70. The number of ether oxygens (including phenoxy) is 2. The monoisotopic (exact) mass is 489 g/mol. The first-order valence-electron chi connectivity index (χ1n) is 12.9. The average molecular weight is 490 g/mol. The van der Waals surface area contributed by atoms with Crippen molar-refractivity contribution in [2.24, 2.45) is 13.0 Å². The van der Waals surface area contributed by atoms with Crippen LogP contribution in [0.25, 0.3) is 11.3 Å². The molecule has 7 heteroatoms. The van der Waals surface area contributed by atoms with E-state index in [9.17, 15) is 0 Å². The second-order valence-corrected chi connectivity index (χ2v) is 10.4. The maximum absolute atomic E-state index is 5.50. The van der Waals surface area contributed by atoms with Crippen LogP contribution in [0.3, 0.4) is 0 Å². The van der Waals surface area contributed by atoms with Crippen LogP contribution in [0.4, 0.5) is 5.69 Å². The number of aryl methyl sites for hydroxylation is 1. The van der Waals surface area contributed by atoms with Gasteiger partial charge in [-0.2, -0.15) is 5.10 Å². The summed E-state index contributed by atoms with van der Waals surface area (Å²) >= 11 is 0. The number of hydrogen-bond acceptors (Lipinski definition) is 6. The van der Waals surface area contributed by atoms with Crippen LogP contribution in [-0.2, 0) is 13.6 Å². The second-order valence-electron chi connectivity index (χ2n) is 10.4. The Balaban J connectivity index is 1.22. The first-order chi connectivity index (χ1) is 17.5. The average Bonchev–Trinajstić information content (AvgIpc) is 3.30. The van der Waals surface area contributed by atoms with Gasteiger partial charge in [-0.05, 0) is 67.3 Å². The number of rotatable bonds is 9. The zero-order valence-corrected chi connectivity index (χ0v) is 22.2. The zero-order chi connectivity index (χ0) is 25.2. The van der Waals surface area contributed by atoms with E-state index in [-0.39, 0.29) is 0 Å². The van der Waals surface area contributed by atoms with Crippen LogP contribution in [0.5, 0.6) is 11.5 Å². The molecule has 7 nitrogen and oxygen atoms in total. The summed E-state index contributed by atoms with van der Waals surface area (Å²) in [7, 11) is 9.57. The molecule has 0 aliphatic carbocycles. The summed E-state index contributed by atoms with van der Waals surface area (Å²) in [5.41, 5.74) is 5.96. The highest BCUT2D eigenvalue weighted by Crippen LogP contribution is 2.42. The van der Waals surface area contributed by atoms with Gasteiger partial charge < -0.3 is 19.7 Å². The summed E-state index contributed by atoms with van der Waals surface area (Å²) < 4.78 is 13.0. The molecule has 3 aromatic rings. The molecule has 2 bridgehead atoms. The molecule has 1 N–H and O–H groups in total. The van der Waals surface area contributed by atoms with Crippen molar-refractivity contribution in [2.75, 3.05) is 52.8 Å². The van der Waals surface area contributed by atoms with Crippen molar-refractivity contribution >= 4 is 5.69 Å². The lowest BCUT2D eigenvalue weighted by atomic mass is 9.74. The topological polar surface area (TPSA) is 54.8 Å². The number of benzene rings is 2. The number of nitrogens with one attached hydrogen (secondary N) is 1. The van der Waals surface area contributed by atoms with Gasteiger partial charge in [-0.1, -0.05) is 12.1 Å². The van der Waals surface area contributed by atoms with E-state index in [0.29, 0.717) is 17.9 Å². The molecule has 6 rings (SSSR count). The maximum Gasteiger partial charge on any atom is 0.161 e. The van der Waals surface area contributed by atoms with E-state index in [1.807, 2.05) is 12.1 Å². The van der Waals surface area contributed by atoms with Crippen molar-refractivity contribution in [3.05, 3.63) is 59.8 Å². The van der Waals surface area contributed by atoms with Crippen molar-refractivity contribution in [3.8, 4) is 22.8 Å². The Labute approximate surface area is 215 Å². The van der Waals surface area contributed by atoms with Gasteiger partial charge in [0.25, 0.3) is 0 Å². The van der Waals surface area contributed by atoms with E-state index in [1.165, 1.54) is 36.3 Å². The number of fused-ring (bicyclic) bond motifs is 3. The number of aromatic nitrogens is 2. The Morgan fingerprint density at radius 1 is 1.03 bits per heavy atom. The predicted molar refractivity (Wildman–Crippen MR) is 145 cm³/mol. The van der Waals surface area contributed by atoms with Crippen LogP contribution in [0.2, 0.25) is 0 Å². The molecule has 2 aromatic carbocycles. The minimum atomic E-state index is 0.528. The van der Waals surface area contributed by atoms with E-state index < -0.39 is 0 Å². The van der Waals surface area contributed by atoms with Gasteiger partial charge in [0.15, 0.2) is 11.5 Å². The fourth-order valence-electron chi connectivity index (χ4n) is 5.95. The Hall–Kier alpha value is -3.03. The summed E-state index contributed by atoms with van der Waals surface area (Å²) in [6.45, 7) is 4.27. The number of methoxy groups -OCH3 is 2. The largest absolute Gasteiger partial charge is 0.493 e. The maximum atomic E-state index is 5.50. The smallest absolute Gasteiger partial charge is 0.161 e. The van der Waals surface area contributed by atoms with E-state index >= 15 is 0 Å². The van der Waals surface area contributed by atoms with Crippen LogP contribution < -0.4 is 19.7 Å². The Morgan fingerprint density at radius 3 is 2.47 bits per heavy atom. The quantitative estimate of drug-likeness (QED) is 0.488. The number of piperidine rings is 3. The van der Waals surface area contributed by atoms with Crippen molar-refractivity contribution in [2.45, 2.75) is 31.3 Å². The highest BCUT2D eigenvalue weighted by atomic mass is 16.5.